The molecular formula is C24H36N4O4Si. The Morgan fingerprint density at radius 3 is 2.52 bits per heavy atom. The quantitative estimate of drug-likeness (QED) is 0.534. The van der Waals surface area contributed by atoms with Gasteiger partial charge >= 0.3 is 5.69 Å². The first-order valence-corrected chi connectivity index (χ1v) is 14.7. The van der Waals surface area contributed by atoms with E-state index in [1.165, 1.54) is 4.57 Å². The minimum absolute atomic E-state index is 0.205. The summed E-state index contributed by atoms with van der Waals surface area (Å²) in [7, 11) is -0.0279. The second-order valence-corrected chi connectivity index (χ2v) is 15.8. The van der Waals surface area contributed by atoms with E-state index in [0.717, 1.165) is 42.8 Å². The van der Waals surface area contributed by atoms with E-state index >= 15 is 0 Å². The number of aromatic nitrogens is 2. The third-order valence-corrected chi connectivity index (χ3v) is 12.2. The Morgan fingerprint density at radius 1 is 1.12 bits per heavy atom. The van der Waals surface area contributed by atoms with Crippen LogP contribution in [0.2, 0.25) is 18.1 Å². The molecule has 1 aromatic heterocycles. The molecule has 3 heterocycles. The number of aryl methyl sites for hydroxylation is 1. The van der Waals surface area contributed by atoms with E-state index in [9.17, 15) is 14.4 Å². The third kappa shape index (κ3) is 4.40. The van der Waals surface area contributed by atoms with Crippen LogP contribution in [0, 0.1) is 5.92 Å². The zero-order valence-corrected chi connectivity index (χ0v) is 21.6. The Hall–Kier alpha value is -2.39. The Balaban J connectivity index is 1.53. The van der Waals surface area contributed by atoms with Crippen molar-refractivity contribution in [2.75, 3.05) is 24.6 Å². The van der Waals surface area contributed by atoms with E-state index in [-0.39, 0.29) is 23.1 Å². The van der Waals surface area contributed by atoms with Crippen molar-refractivity contribution in [3.8, 4) is 0 Å². The fourth-order valence-corrected chi connectivity index (χ4v) is 5.61. The molecule has 1 unspecified atom stereocenters. The van der Waals surface area contributed by atoms with Crippen molar-refractivity contribution in [1.29, 1.82) is 0 Å². The van der Waals surface area contributed by atoms with Crippen LogP contribution in [0.4, 0.5) is 5.69 Å². The maximum atomic E-state index is 13.0. The highest BCUT2D eigenvalue weighted by molar-refractivity contribution is 6.74. The van der Waals surface area contributed by atoms with E-state index in [4.69, 9.17) is 4.43 Å². The van der Waals surface area contributed by atoms with Crippen LogP contribution in [-0.4, -0.2) is 49.0 Å². The first kappa shape index (κ1) is 23.8. The SMILES string of the molecule is Cn1c(=O)n(C2CCC(=O)NC2=O)c2ccc(N3CC[C@H](CO[Si](C)(C)C(C)(C)C)C3)cc21. The van der Waals surface area contributed by atoms with Crippen LogP contribution in [-0.2, 0) is 21.1 Å². The zero-order valence-electron chi connectivity index (χ0n) is 20.6. The maximum Gasteiger partial charge on any atom is 0.329 e. The normalized spacial score (nSPS) is 22.3. The van der Waals surface area contributed by atoms with E-state index in [0.29, 0.717) is 12.3 Å². The Labute approximate surface area is 196 Å². The van der Waals surface area contributed by atoms with Crippen LogP contribution < -0.4 is 15.9 Å². The van der Waals surface area contributed by atoms with Crippen molar-refractivity contribution in [3.05, 3.63) is 28.7 Å². The predicted octanol–water partition coefficient (Wildman–Crippen LogP) is 3.17. The fraction of sp³-hybridized carbons (Fsp3) is 0.625. The molecule has 1 aromatic carbocycles. The van der Waals surface area contributed by atoms with Gasteiger partial charge in [0.2, 0.25) is 11.8 Å². The van der Waals surface area contributed by atoms with Crippen LogP contribution in [0.1, 0.15) is 46.1 Å². The molecule has 2 atom stereocenters. The van der Waals surface area contributed by atoms with E-state index in [2.05, 4.69) is 44.1 Å². The van der Waals surface area contributed by atoms with E-state index in [1.807, 2.05) is 18.2 Å². The molecule has 2 aliphatic heterocycles. The number of hydrogen-bond donors (Lipinski definition) is 1. The monoisotopic (exact) mass is 472 g/mol. The lowest BCUT2D eigenvalue weighted by molar-refractivity contribution is -0.135. The van der Waals surface area contributed by atoms with Crippen molar-refractivity contribution in [2.45, 2.75) is 64.2 Å². The van der Waals surface area contributed by atoms with Crippen molar-refractivity contribution >= 4 is 36.9 Å². The van der Waals surface area contributed by atoms with Gasteiger partial charge in [0.25, 0.3) is 0 Å². The van der Waals surface area contributed by atoms with Gasteiger partial charge in [0.15, 0.2) is 8.32 Å². The second-order valence-electron chi connectivity index (χ2n) is 11.0. The number of carbonyl (C=O) groups is 2. The fourth-order valence-electron chi connectivity index (χ4n) is 4.52. The Bertz CT molecular complexity index is 1140. The molecule has 0 radical (unpaired) electrons. The van der Waals surface area contributed by atoms with Crippen LogP contribution in [0.15, 0.2) is 23.0 Å². The number of amides is 2. The summed E-state index contributed by atoms with van der Waals surface area (Å²) in [6.45, 7) is 14.1. The average Bonchev–Trinajstić information content (AvgIpc) is 3.30. The number of fused-ring (bicyclic) bond motifs is 1. The number of piperidine rings is 1. The summed E-state index contributed by atoms with van der Waals surface area (Å²) in [5.74, 6) is -0.200. The highest BCUT2D eigenvalue weighted by Gasteiger charge is 2.38. The molecule has 0 aliphatic carbocycles. The molecule has 2 amide bonds. The number of hydrogen-bond acceptors (Lipinski definition) is 5. The van der Waals surface area contributed by atoms with Crippen molar-refractivity contribution in [2.24, 2.45) is 13.0 Å². The van der Waals surface area contributed by atoms with Gasteiger partial charge in [0.05, 0.1) is 11.0 Å². The summed E-state index contributed by atoms with van der Waals surface area (Å²) in [5, 5.41) is 2.56. The number of nitrogens with zero attached hydrogens (tertiary/aromatic N) is 3. The molecule has 180 valence electrons. The highest BCUT2D eigenvalue weighted by atomic mass is 28.4. The number of benzene rings is 1. The molecule has 1 N–H and O–H groups in total. The second kappa shape index (κ2) is 8.43. The third-order valence-electron chi connectivity index (χ3n) is 7.73. The molecular weight excluding hydrogens is 436 g/mol. The maximum absolute atomic E-state index is 13.0. The van der Waals surface area contributed by atoms with Gasteiger partial charge in [-0.2, -0.15) is 0 Å². The van der Waals surface area contributed by atoms with Crippen molar-refractivity contribution in [3.63, 3.8) is 0 Å². The lowest BCUT2D eigenvalue weighted by Gasteiger charge is -2.37. The van der Waals surface area contributed by atoms with Gasteiger partial charge < -0.3 is 9.33 Å². The molecule has 4 rings (SSSR count). The number of imide groups is 1. The number of rotatable bonds is 5. The van der Waals surface area contributed by atoms with Gasteiger partial charge in [-0.1, -0.05) is 20.8 Å². The molecule has 2 aromatic rings. The lowest BCUT2D eigenvalue weighted by Crippen LogP contribution is -2.44. The molecule has 2 aliphatic rings. The minimum Gasteiger partial charge on any atom is -0.416 e. The largest absolute Gasteiger partial charge is 0.416 e. The number of anilines is 1. The minimum atomic E-state index is -1.76. The Kier molecular flexibility index (Phi) is 6.07. The molecule has 0 bridgehead atoms. The summed E-state index contributed by atoms with van der Waals surface area (Å²) < 4.78 is 9.58. The molecule has 8 nitrogen and oxygen atoms in total. The average molecular weight is 473 g/mol. The van der Waals surface area contributed by atoms with Crippen LogP contribution in [0.5, 0.6) is 0 Å². The van der Waals surface area contributed by atoms with Gasteiger partial charge in [-0.05, 0) is 49.2 Å². The molecule has 0 spiro atoms. The first-order valence-electron chi connectivity index (χ1n) is 11.8. The number of imidazole rings is 1. The molecule has 33 heavy (non-hydrogen) atoms. The summed E-state index contributed by atoms with van der Waals surface area (Å²) >= 11 is 0. The predicted molar refractivity (Wildman–Crippen MR) is 132 cm³/mol. The summed E-state index contributed by atoms with van der Waals surface area (Å²) in [5.41, 5.74) is 2.35. The van der Waals surface area contributed by atoms with Crippen molar-refractivity contribution < 1.29 is 14.0 Å². The van der Waals surface area contributed by atoms with Gasteiger partial charge in [-0.3, -0.25) is 24.0 Å². The van der Waals surface area contributed by atoms with Crippen LogP contribution in [0.3, 0.4) is 0 Å². The summed E-state index contributed by atoms with van der Waals surface area (Å²) in [4.78, 5) is 39.3. The molecule has 9 heteroatoms. The topological polar surface area (TPSA) is 85.6 Å². The van der Waals surface area contributed by atoms with Crippen LogP contribution >= 0.6 is 0 Å². The molecule has 0 saturated carbocycles. The molecule has 2 saturated heterocycles. The van der Waals surface area contributed by atoms with Gasteiger partial charge in [0.1, 0.15) is 6.04 Å². The number of carbonyl (C=O) groups excluding carboxylic acids is 2. The summed E-state index contributed by atoms with van der Waals surface area (Å²) in [6.07, 6.45) is 1.67. The van der Waals surface area contributed by atoms with Gasteiger partial charge in [-0.15, -0.1) is 0 Å². The number of nitrogens with one attached hydrogen (secondary N) is 1. The van der Waals surface area contributed by atoms with Gasteiger partial charge in [0, 0.05) is 44.8 Å². The van der Waals surface area contributed by atoms with E-state index in [1.54, 1.807) is 11.6 Å². The zero-order chi connectivity index (χ0) is 24.1. The lowest BCUT2D eigenvalue weighted by atomic mass is 10.1. The Morgan fingerprint density at radius 2 is 1.85 bits per heavy atom. The van der Waals surface area contributed by atoms with E-state index < -0.39 is 20.3 Å². The molecule has 2 fully saturated rings. The highest BCUT2D eigenvalue weighted by Crippen LogP contribution is 2.37. The van der Waals surface area contributed by atoms with Crippen LogP contribution in [0.25, 0.3) is 11.0 Å². The first-order chi connectivity index (χ1) is 15.4. The smallest absolute Gasteiger partial charge is 0.329 e. The standard InChI is InChI=1S/C24H36N4O4Si/c1-24(2,3)33(5,6)32-15-16-11-12-27(14-16)17-7-8-18-20(13-17)26(4)23(31)28(18)19-9-10-21(29)25-22(19)30/h7-8,13,16,19H,9-12,14-15H2,1-6H3,(H,25,29,30)/t16-,19?/m0/s1. The summed E-state index contributed by atoms with van der Waals surface area (Å²) in [6, 6.07) is 5.33. The van der Waals surface area contributed by atoms with Crippen molar-refractivity contribution in [1.82, 2.24) is 14.5 Å². The van der Waals surface area contributed by atoms with Gasteiger partial charge in [-0.25, -0.2) is 4.79 Å².